The Morgan fingerprint density at radius 2 is 2.16 bits per heavy atom. The fraction of sp³-hybridized carbons (Fsp3) is 0.650. The molecule has 5 nitrogen and oxygen atoms in total. The highest BCUT2D eigenvalue weighted by Gasteiger charge is 2.38. The molecule has 2 aliphatic rings. The van der Waals surface area contributed by atoms with Crippen molar-refractivity contribution in [2.24, 2.45) is 0 Å². The Balaban J connectivity index is 1.72. The van der Waals surface area contributed by atoms with Crippen LogP contribution in [0.2, 0.25) is 0 Å². The van der Waals surface area contributed by atoms with Gasteiger partial charge in [-0.25, -0.2) is 4.79 Å². The minimum Gasteiger partial charge on any atom is -0.396 e. The van der Waals surface area contributed by atoms with Gasteiger partial charge in [0.1, 0.15) is 0 Å². The van der Waals surface area contributed by atoms with Crippen LogP contribution in [0.1, 0.15) is 55.7 Å². The summed E-state index contributed by atoms with van der Waals surface area (Å²) >= 11 is 0. The number of fused-ring (bicyclic) bond motifs is 1. The molecule has 25 heavy (non-hydrogen) atoms. The smallest absolute Gasteiger partial charge is 0.318 e. The molecule has 1 unspecified atom stereocenters. The second kappa shape index (κ2) is 8.19. The molecule has 1 saturated carbocycles. The van der Waals surface area contributed by atoms with Crippen LogP contribution in [0, 0.1) is 0 Å². The van der Waals surface area contributed by atoms with Gasteiger partial charge in [0.15, 0.2) is 0 Å². The van der Waals surface area contributed by atoms with Gasteiger partial charge < -0.3 is 20.1 Å². The first-order chi connectivity index (χ1) is 12.2. The molecule has 2 aliphatic carbocycles. The van der Waals surface area contributed by atoms with Crippen LogP contribution < -0.4 is 5.32 Å². The minimum atomic E-state index is -0.178. The van der Waals surface area contributed by atoms with Crippen LogP contribution in [0.4, 0.5) is 4.79 Å². The summed E-state index contributed by atoms with van der Waals surface area (Å²) in [6.45, 7) is 1.23. The number of rotatable bonds is 7. The van der Waals surface area contributed by atoms with Crippen LogP contribution in [0.15, 0.2) is 24.3 Å². The average molecular weight is 346 g/mol. The molecular weight excluding hydrogens is 316 g/mol. The summed E-state index contributed by atoms with van der Waals surface area (Å²) < 4.78 is 5.61. The lowest BCUT2D eigenvalue weighted by Crippen LogP contribution is -2.53. The number of carbonyl (C=O) groups excluding carboxylic acids is 1. The second-order valence-electron chi connectivity index (χ2n) is 7.28. The molecule has 1 aromatic carbocycles. The van der Waals surface area contributed by atoms with E-state index in [1.807, 2.05) is 11.0 Å². The van der Waals surface area contributed by atoms with E-state index in [0.29, 0.717) is 19.5 Å². The molecule has 0 saturated heterocycles. The van der Waals surface area contributed by atoms with E-state index in [0.717, 1.165) is 38.5 Å². The summed E-state index contributed by atoms with van der Waals surface area (Å²) in [4.78, 5) is 14.9. The summed E-state index contributed by atoms with van der Waals surface area (Å²) in [5, 5.41) is 12.4. The van der Waals surface area contributed by atoms with Crippen molar-refractivity contribution in [3.05, 3.63) is 35.4 Å². The number of hydrogen-bond donors (Lipinski definition) is 2. The summed E-state index contributed by atoms with van der Waals surface area (Å²) in [6, 6.07) is 8.47. The summed E-state index contributed by atoms with van der Waals surface area (Å²) in [7, 11) is 1.73. The van der Waals surface area contributed by atoms with E-state index < -0.39 is 0 Å². The number of amides is 2. The van der Waals surface area contributed by atoms with Crippen molar-refractivity contribution in [3.8, 4) is 0 Å². The maximum Gasteiger partial charge on any atom is 0.318 e. The van der Waals surface area contributed by atoms with E-state index in [2.05, 4.69) is 23.5 Å². The zero-order valence-electron chi connectivity index (χ0n) is 15.2. The normalized spacial score (nSPS) is 21.1. The van der Waals surface area contributed by atoms with Crippen LogP contribution in [-0.2, 0) is 11.2 Å². The lowest BCUT2D eigenvalue weighted by Gasteiger charge is -2.42. The number of methoxy groups -OCH3 is 1. The SMILES string of the molecule is COC1(CNC(=O)N(CCCO)C2CCCc3ccccc32)CCC1. The standard InChI is InChI=1S/C20H30N2O3/c1-25-20(11-5-12-20)15-21-19(24)22(13-6-14-23)18-10-4-8-16-7-2-3-9-17(16)18/h2-3,7,9,18,23H,4-6,8,10-15H2,1H3,(H,21,24). The molecule has 138 valence electrons. The topological polar surface area (TPSA) is 61.8 Å². The molecule has 5 heteroatoms. The number of carbonyl (C=O) groups is 1. The van der Waals surface area contributed by atoms with Crippen molar-refractivity contribution in [1.29, 1.82) is 0 Å². The van der Waals surface area contributed by atoms with Gasteiger partial charge in [-0.3, -0.25) is 0 Å². The Morgan fingerprint density at radius 1 is 1.36 bits per heavy atom. The van der Waals surface area contributed by atoms with Gasteiger partial charge in [-0.05, 0) is 56.1 Å². The van der Waals surface area contributed by atoms with E-state index in [4.69, 9.17) is 4.74 Å². The van der Waals surface area contributed by atoms with Crippen molar-refractivity contribution >= 4 is 6.03 Å². The maximum atomic E-state index is 12.9. The van der Waals surface area contributed by atoms with E-state index in [-0.39, 0.29) is 24.3 Å². The van der Waals surface area contributed by atoms with Crippen molar-refractivity contribution in [1.82, 2.24) is 10.2 Å². The van der Waals surface area contributed by atoms with Gasteiger partial charge in [0, 0.05) is 26.8 Å². The molecule has 2 N–H and O–H groups in total. The van der Waals surface area contributed by atoms with Gasteiger partial charge in [-0.2, -0.15) is 0 Å². The summed E-state index contributed by atoms with van der Waals surface area (Å²) in [5.41, 5.74) is 2.42. The lowest BCUT2D eigenvalue weighted by molar-refractivity contribution is -0.0680. The molecule has 0 heterocycles. The zero-order chi connectivity index (χ0) is 17.7. The molecule has 0 aromatic heterocycles. The third-order valence-corrected chi connectivity index (χ3v) is 5.79. The average Bonchev–Trinajstić information content (AvgIpc) is 2.61. The number of hydrogen-bond acceptors (Lipinski definition) is 3. The Hall–Kier alpha value is -1.59. The molecule has 0 spiro atoms. The third-order valence-electron chi connectivity index (χ3n) is 5.79. The first-order valence-corrected chi connectivity index (χ1v) is 9.47. The van der Waals surface area contributed by atoms with E-state index in [1.165, 1.54) is 11.1 Å². The molecule has 0 radical (unpaired) electrons. The number of nitrogens with one attached hydrogen (secondary N) is 1. The quantitative estimate of drug-likeness (QED) is 0.798. The van der Waals surface area contributed by atoms with Crippen LogP contribution >= 0.6 is 0 Å². The van der Waals surface area contributed by atoms with Crippen molar-refractivity contribution in [2.75, 3.05) is 26.8 Å². The fourth-order valence-electron chi connectivity index (χ4n) is 4.05. The van der Waals surface area contributed by atoms with Crippen LogP contribution in [0.3, 0.4) is 0 Å². The Morgan fingerprint density at radius 3 is 2.84 bits per heavy atom. The third kappa shape index (κ3) is 3.98. The number of aliphatic hydroxyl groups excluding tert-OH is 1. The summed E-state index contributed by atoms with van der Waals surface area (Å²) in [6.07, 6.45) is 6.92. The molecule has 1 atom stereocenters. The molecule has 1 fully saturated rings. The number of urea groups is 1. The van der Waals surface area contributed by atoms with Crippen LogP contribution in [0.25, 0.3) is 0 Å². The highest BCUT2D eigenvalue weighted by Crippen LogP contribution is 2.36. The number of aliphatic hydroxyl groups is 1. The zero-order valence-corrected chi connectivity index (χ0v) is 15.2. The van der Waals surface area contributed by atoms with E-state index in [9.17, 15) is 9.90 Å². The van der Waals surface area contributed by atoms with E-state index >= 15 is 0 Å². The van der Waals surface area contributed by atoms with Gasteiger partial charge in [-0.15, -0.1) is 0 Å². The van der Waals surface area contributed by atoms with Gasteiger partial charge in [0.05, 0.1) is 11.6 Å². The van der Waals surface area contributed by atoms with Gasteiger partial charge in [-0.1, -0.05) is 24.3 Å². The van der Waals surface area contributed by atoms with Crippen LogP contribution in [-0.4, -0.2) is 48.4 Å². The Bertz CT molecular complexity index is 581. The number of nitrogens with zero attached hydrogens (tertiary/aromatic N) is 1. The first-order valence-electron chi connectivity index (χ1n) is 9.47. The summed E-state index contributed by atoms with van der Waals surface area (Å²) in [5.74, 6) is 0. The van der Waals surface area contributed by atoms with E-state index in [1.54, 1.807) is 7.11 Å². The van der Waals surface area contributed by atoms with Crippen LogP contribution in [0.5, 0.6) is 0 Å². The van der Waals surface area contributed by atoms with Crippen molar-refractivity contribution in [2.45, 2.75) is 56.6 Å². The molecule has 2 amide bonds. The predicted octanol–water partition coefficient (Wildman–Crippen LogP) is 3.03. The number of ether oxygens (including phenoxy) is 1. The minimum absolute atomic E-state index is 0.0431. The molecule has 0 bridgehead atoms. The second-order valence-corrected chi connectivity index (χ2v) is 7.28. The monoisotopic (exact) mass is 346 g/mol. The predicted molar refractivity (Wildman–Crippen MR) is 97.5 cm³/mol. The van der Waals surface area contributed by atoms with Gasteiger partial charge in [0.2, 0.25) is 0 Å². The van der Waals surface area contributed by atoms with Gasteiger partial charge >= 0.3 is 6.03 Å². The van der Waals surface area contributed by atoms with Crippen molar-refractivity contribution < 1.29 is 14.6 Å². The van der Waals surface area contributed by atoms with Crippen molar-refractivity contribution in [3.63, 3.8) is 0 Å². The Kier molecular flexibility index (Phi) is 5.97. The molecule has 3 rings (SSSR count). The highest BCUT2D eigenvalue weighted by atomic mass is 16.5. The Labute approximate surface area is 150 Å². The van der Waals surface area contributed by atoms with Gasteiger partial charge in [0.25, 0.3) is 0 Å². The molecule has 0 aliphatic heterocycles. The number of aryl methyl sites for hydroxylation is 1. The highest BCUT2D eigenvalue weighted by molar-refractivity contribution is 5.75. The molecular formula is C20H30N2O3. The fourth-order valence-corrected chi connectivity index (χ4v) is 4.05. The first kappa shape index (κ1) is 18.2. The maximum absolute atomic E-state index is 12.9. The number of benzene rings is 1. The lowest BCUT2D eigenvalue weighted by atomic mass is 9.80. The molecule has 1 aromatic rings. The largest absolute Gasteiger partial charge is 0.396 e.